The number of carbonyl (C=O) groups excluding carboxylic acids is 1. The normalized spacial score (nSPS) is 19.0. The zero-order valence-corrected chi connectivity index (χ0v) is 14.6. The number of fused-ring (bicyclic) bond motifs is 1. The lowest BCUT2D eigenvalue weighted by molar-refractivity contribution is -0.119. The molecule has 23 heavy (non-hydrogen) atoms. The first-order valence-corrected chi connectivity index (χ1v) is 9.29. The second kappa shape index (κ2) is 7.48. The fourth-order valence-corrected chi connectivity index (χ4v) is 3.87. The molecule has 0 bridgehead atoms. The first-order chi connectivity index (χ1) is 11.1. The topological polar surface area (TPSA) is 32.3 Å². The van der Waals surface area contributed by atoms with Gasteiger partial charge in [-0.1, -0.05) is 26.0 Å². The number of piperidine rings is 1. The lowest BCUT2D eigenvalue weighted by atomic mass is 9.92. The first kappa shape index (κ1) is 16.5. The third-order valence-electron chi connectivity index (χ3n) is 5.42. The molecule has 2 aliphatic rings. The maximum Gasteiger partial charge on any atom is 0.226 e. The molecule has 2 heterocycles. The molecule has 0 aliphatic carbocycles. The van der Waals surface area contributed by atoms with E-state index in [1.807, 2.05) is 4.90 Å². The van der Waals surface area contributed by atoms with Crippen molar-refractivity contribution in [3.05, 3.63) is 29.3 Å². The van der Waals surface area contributed by atoms with Gasteiger partial charge in [-0.25, -0.2) is 0 Å². The van der Waals surface area contributed by atoms with Crippen LogP contribution in [-0.2, 0) is 11.2 Å². The van der Waals surface area contributed by atoms with E-state index >= 15 is 0 Å². The standard InChI is InChI=1S/C20H30N2O/c1-15(2)17-6-7-19-18(14-17)4-3-13-22(19)20(23)8-5-16-9-11-21-12-10-16/h6-7,14-16,21H,3-5,8-13H2,1-2H3. The number of amides is 1. The molecule has 0 atom stereocenters. The van der Waals surface area contributed by atoms with Crippen molar-refractivity contribution in [3.8, 4) is 0 Å². The number of benzene rings is 1. The number of nitrogens with zero attached hydrogens (tertiary/aromatic N) is 1. The Balaban J connectivity index is 1.65. The number of aryl methyl sites for hydroxylation is 1. The van der Waals surface area contributed by atoms with Crippen molar-refractivity contribution in [2.24, 2.45) is 5.92 Å². The van der Waals surface area contributed by atoms with E-state index in [-0.39, 0.29) is 0 Å². The molecule has 0 unspecified atom stereocenters. The van der Waals surface area contributed by atoms with Crippen LogP contribution in [0.2, 0.25) is 0 Å². The summed E-state index contributed by atoms with van der Waals surface area (Å²) in [6, 6.07) is 6.68. The lowest BCUT2D eigenvalue weighted by Crippen LogP contribution is -2.36. The molecule has 1 aromatic carbocycles. The van der Waals surface area contributed by atoms with Gasteiger partial charge in [0.2, 0.25) is 5.91 Å². The van der Waals surface area contributed by atoms with E-state index in [1.165, 1.54) is 24.0 Å². The van der Waals surface area contributed by atoms with Crippen LogP contribution in [-0.4, -0.2) is 25.5 Å². The van der Waals surface area contributed by atoms with Crippen LogP contribution in [0.15, 0.2) is 18.2 Å². The summed E-state index contributed by atoms with van der Waals surface area (Å²) in [6.07, 6.45) is 6.40. The minimum Gasteiger partial charge on any atom is -0.317 e. The van der Waals surface area contributed by atoms with E-state index in [9.17, 15) is 4.79 Å². The van der Waals surface area contributed by atoms with Crippen LogP contribution in [0.25, 0.3) is 0 Å². The molecule has 1 amide bonds. The van der Waals surface area contributed by atoms with Crippen molar-refractivity contribution in [1.82, 2.24) is 5.32 Å². The number of hydrogen-bond donors (Lipinski definition) is 1. The van der Waals surface area contributed by atoms with Gasteiger partial charge in [0, 0.05) is 18.7 Å². The molecule has 1 saturated heterocycles. The van der Waals surface area contributed by atoms with Gasteiger partial charge in [-0.3, -0.25) is 4.79 Å². The van der Waals surface area contributed by atoms with E-state index in [1.54, 1.807) is 0 Å². The Kier molecular flexibility index (Phi) is 5.37. The monoisotopic (exact) mass is 314 g/mol. The van der Waals surface area contributed by atoms with Gasteiger partial charge in [-0.05, 0) is 74.2 Å². The molecule has 0 radical (unpaired) electrons. The Labute approximate surface area is 140 Å². The third kappa shape index (κ3) is 3.95. The lowest BCUT2D eigenvalue weighted by Gasteiger charge is -2.31. The number of anilines is 1. The predicted octanol–water partition coefficient (Wildman–Crippen LogP) is 3.87. The van der Waals surface area contributed by atoms with Gasteiger partial charge < -0.3 is 10.2 Å². The van der Waals surface area contributed by atoms with Crippen LogP contribution in [0.1, 0.15) is 63.0 Å². The zero-order chi connectivity index (χ0) is 16.2. The third-order valence-corrected chi connectivity index (χ3v) is 5.42. The minimum absolute atomic E-state index is 0.321. The van der Waals surface area contributed by atoms with Gasteiger partial charge in [-0.15, -0.1) is 0 Å². The zero-order valence-electron chi connectivity index (χ0n) is 14.6. The summed E-state index contributed by atoms with van der Waals surface area (Å²) in [5, 5.41) is 3.40. The summed E-state index contributed by atoms with van der Waals surface area (Å²) in [5.41, 5.74) is 3.90. The molecule has 3 heteroatoms. The van der Waals surface area contributed by atoms with Crippen molar-refractivity contribution in [2.75, 3.05) is 24.5 Å². The summed E-state index contributed by atoms with van der Waals surface area (Å²) >= 11 is 0. The van der Waals surface area contributed by atoms with Crippen molar-refractivity contribution in [1.29, 1.82) is 0 Å². The van der Waals surface area contributed by atoms with Crippen LogP contribution in [0.5, 0.6) is 0 Å². The van der Waals surface area contributed by atoms with Crippen molar-refractivity contribution < 1.29 is 4.79 Å². The summed E-state index contributed by atoms with van der Waals surface area (Å²) in [7, 11) is 0. The van der Waals surface area contributed by atoms with Gasteiger partial charge in [0.15, 0.2) is 0 Å². The van der Waals surface area contributed by atoms with E-state index < -0.39 is 0 Å². The average molecular weight is 314 g/mol. The Morgan fingerprint density at radius 1 is 1.30 bits per heavy atom. The molecule has 1 aromatic rings. The molecule has 1 fully saturated rings. The van der Waals surface area contributed by atoms with Crippen molar-refractivity contribution in [3.63, 3.8) is 0 Å². The number of hydrogen-bond acceptors (Lipinski definition) is 2. The van der Waals surface area contributed by atoms with Crippen LogP contribution >= 0.6 is 0 Å². The molecule has 0 spiro atoms. The molecule has 0 aromatic heterocycles. The maximum absolute atomic E-state index is 12.7. The SMILES string of the molecule is CC(C)c1ccc2c(c1)CCCN2C(=O)CCC1CCNCC1. The fourth-order valence-electron chi connectivity index (χ4n) is 3.87. The Hall–Kier alpha value is -1.35. The summed E-state index contributed by atoms with van der Waals surface area (Å²) in [4.78, 5) is 14.8. The van der Waals surface area contributed by atoms with Crippen molar-refractivity contribution in [2.45, 2.75) is 58.3 Å². The van der Waals surface area contributed by atoms with E-state index in [0.29, 0.717) is 18.2 Å². The highest BCUT2D eigenvalue weighted by molar-refractivity contribution is 5.94. The minimum atomic E-state index is 0.321. The summed E-state index contributed by atoms with van der Waals surface area (Å²) in [6.45, 7) is 7.57. The molecule has 2 aliphatic heterocycles. The Bertz CT molecular complexity index is 547. The summed E-state index contributed by atoms with van der Waals surface area (Å²) < 4.78 is 0. The first-order valence-electron chi connectivity index (χ1n) is 9.29. The molecular weight excluding hydrogens is 284 g/mol. The highest BCUT2D eigenvalue weighted by Gasteiger charge is 2.24. The molecular formula is C20H30N2O. The van der Waals surface area contributed by atoms with E-state index in [2.05, 4.69) is 37.4 Å². The largest absolute Gasteiger partial charge is 0.317 e. The number of carbonyl (C=O) groups is 1. The second-order valence-electron chi connectivity index (χ2n) is 7.42. The smallest absolute Gasteiger partial charge is 0.226 e. The van der Waals surface area contributed by atoms with Gasteiger partial charge >= 0.3 is 0 Å². The molecule has 0 saturated carbocycles. The second-order valence-corrected chi connectivity index (χ2v) is 7.42. The van der Waals surface area contributed by atoms with E-state index in [4.69, 9.17) is 0 Å². The van der Waals surface area contributed by atoms with Crippen molar-refractivity contribution >= 4 is 11.6 Å². The highest BCUT2D eigenvalue weighted by atomic mass is 16.2. The molecule has 3 rings (SSSR count). The number of rotatable bonds is 4. The van der Waals surface area contributed by atoms with Gasteiger partial charge in [0.05, 0.1) is 0 Å². The van der Waals surface area contributed by atoms with Crippen LogP contribution in [0.4, 0.5) is 5.69 Å². The van der Waals surface area contributed by atoms with Gasteiger partial charge in [0.1, 0.15) is 0 Å². The fraction of sp³-hybridized carbons (Fsp3) is 0.650. The molecule has 3 nitrogen and oxygen atoms in total. The Morgan fingerprint density at radius 3 is 2.83 bits per heavy atom. The quantitative estimate of drug-likeness (QED) is 0.915. The highest BCUT2D eigenvalue weighted by Crippen LogP contribution is 2.31. The van der Waals surface area contributed by atoms with Crippen LogP contribution < -0.4 is 10.2 Å². The van der Waals surface area contributed by atoms with Crippen LogP contribution in [0, 0.1) is 5.92 Å². The number of nitrogens with one attached hydrogen (secondary N) is 1. The molecule has 1 N–H and O–H groups in total. The van der Waals surface area contributed by atoms with Gasteiger partial charge in [-0.2, -0.15) is 0 Å². The Morgan fingerprint density at radius 2 is 2.09 bits per heavy atom. The maximum atomic E-state index is 12.7. The van der Waals surface area contributed by atoms with Crippen LogP contribution in [0.3, 0.4) is 0 Å². The summed E-state index contributed by atoms with van der Waals surface area (Å²) in [5.74, 6) is 1.60. The average Bonchev–Trinajstić information content (AvgIpc) is 2.59. The van der Waals surface area contributed by atoms with E-state index in [0.717, 1.165) is 50.5 Å². The molecule has 126 valence electrons. The van der Waals surface area contributed by atoms with Gasteiger partial charge in [0.25, 0.3) is 0 Å². The predicted molar refractivity (Wildman–Crippen MR) is 96.0 cm³/mol.